The fourth-order valence-electron chi connectivity index (χ4n) is 3.20. The second-order valence-electron chi connectivity index (χ2n) is 6.71. The zero-order valence-electron chi connectivity index (χ0n) is 15.7. The van der Waals surface area contributed by atoms with Crippen LogP contribution >= 0.6 is 27.5 Å². The van der Waals surface area contributed by atoms with Gasteiger partial charge in [0.25, 0.3) is 5.56 Å². The van der Waals surface area contributed by atoms with Crippen molar-refractivity contribution in [1.82, 2.24) is 14.1 Å². The minimum Gasteiger partial charge on any atom is -0.344 e. The van der Waals surface area contributed by atoms with E-state index in [9.17, 15) is 14.0 Å². The number of hydrogen-bond donors (Lipinski definition) is 1. The maximum Gasteiger partial charge on any atom is 0.278 e. The molecular weight excluding hydrogens is 475 g/mol. The van der Waals surface area contributed by atoms with E-state index in [1.165, 1.54) is 23.0 Å². The molecule has 0 aliphatic heterocycles. The van der Waals surface area contributed by atoms with Gasteiger partial charge in [-0.15, -0.1) is 0 Å². The molecule has 2 aromatic heterocycles. The number of hydrogen-bond acceptors (Lipinski definition) is 3. The van der Waals surface area contributed by atoms with Crippen molar-refractivity contribution in [2.75, 3.05) is 5.32 Å². The SMILES string of the molecule is Cn1cc(-c2ccc(Cl)cc2)c2ncn(CC(=O)Nc3ccc(Br)cc3F)c(=O)c21. The van der Waals surface area contributed by atoms with E-state index < -0.39 is 11.7 Å². The zero-order chi connectivity index (χ0) is 21.4. The summed E-state index contributed by atoms with van der Waals surface area (Å²) >= 11 is 9.12. The number of carbonyl (C=O) groups is 1. The number of carbonyl (C=O) groups excluding carboxylic acids is 1. The van der Waals surface area contributed by atoms with Gasteiger partial charge in [0.2, 0.25) is 5.91 Å². The topological polar surface area (TPSA) is 68.9 Å². The van der Waals surface area contributed by atoms with E-state index in [2.05, 4.69) is 26.2 Å². The highest BCUT2D eigenvalue weighted by Crippen LogP contribution is 2.28. The molecule has 0 saturated carbocycles. The van der Waals surface area contributed by atoms with Crippen LogP contribution in [0.2, 0.25) is 5.02 Å². The molecule has 0 fully saturated rings. The quantitative estimate of drug-likeness (QED) is 0.456. The predicted octanol–water partition coefficient (Wildman–Crippen LogP) is 4.60. The van der Waals surface area contributed by atoms with Crippen molar-refractivity contribution < 1.29 is 9.18 Å². The standard InChI is InChI=1S/C21H15BrClFN4O2/c1-27-9-15(12-2-5-14(23)6-3-12)19-20(27)21(30)28(11-25-19)10-18(29)26-17-7-4-13(22)8-16(17)24/h2-9,11H,10H2,1H3,(H,26,29). The number of amides is 1. The largest absolute Gasteiger partial charge is 0.344 e. The van der Waals surface area contributed by atoms with Crippen LogP contribution in [0.1, 0.15) is 0 Å². The van der Waals surface area contributed by atoms with Crippen molar-refractivity contribution in [3.05, 3.63) is 80.7 Å². The summed E-state index contributed by atoms with van der Waals surface area (Å²) < 4.78 is 17.4. The molecule has 0 spiro atoms. The highest BCUT2D eigenvalue weighted by Gasteiger charge is 2.16. The Morgan fingerprint density at radius 2 is 1.97 bits per heavy atom. The lowest BCUT2D eigenvalue weighted by atomic mass is 10.1. The monoisotopic (exact) mass is 488 g/mol. The molecule has 0 saturated heterocycles. The second-order valence-corrected chi connectivity index (χ2v) is 8.06. The molecule has 9 heteroatoms. The van der Waals surface area contributed by atoms with E-state index in [0.29, 0.717) is 20.5 Å². The summed E-state index contributed by atoms with van der Waals surface area (Å²) in [6.07, 6.45) is 3.13. The first-order valence-electron chi connectivity index (χ1n) is 8.89. The molecule has 6 nitrogen and oxygen atoms in total. The van der Waals surface area contributed by atoms with E-state index in [-0.39, 0.29) is 17.8 Å². The van der Waals surface area contributed by atoms with Crippen LogP contribution in [-0.2, 0) is 18.4 Å². The fraction of sp³-hybridized carbons (Fsp3) is 0.0952. The summed E-state index contributed by atoms with van der Waals surface area (Å²) in [7, 11) is 1.74. The third-order valence-corrected chi connectivity index (χ3v) is 5.36. The number of fused-ring (bicyclic) bond motifs is 1. The lowest BCUT2D eigenvalue weighted by Gasteiger charge is -2.09. The van der Waals surface area contributed by atoms with Crippen LogP contribution < -0.4 is 10.9 Å². The molecule has 0 aliphatic carbocycles. The van der Waals surface area contributed by atoms with Crippen molar-refractivity contribution in [2.24, 2.45) is 7.05 Å². The van der Waals surface area contributed by atoms with Crippen LogP contribution in [0.3, 0.4) is 0 Å². The Labute approximate surface area is 184 Å². The van der Waals surface area contributed by atoms with Gasteiger partial charge in [-0.2, -0.15) is 0 Å². The first-order chi connectivity index (χ1) is 14.3. The van der Waals surface area contributed by atoms with E-state index in [0.717, 1.165) is 11.1 Å². The van der Waals surface area contributed by atoms with Crippen LogP contribution in [0.15, 0.2) is 64.3 Å². The van der Waals surface area contributed by atoms with Gasteiger partial charge in [-0.3, -0.25) is 14.2 Å². The summed E-state index contributed by atoms with van der Waals surface area (Å²) in [5.41, 5.74) is 2.22. The zero-order valence-corrected chi connectivity index (χ0v) is 18.0. The molecule has 1 N–H and O–H groups in total. The van der Waals surface area contributed by atoms with Crippen LogP contribution in [-0.4, -0.2) is 20.0 Å². The second kappa shape index (κ2) is 8.04. The van der Waals surface area contributed by atoms with Crippen molar-refractivity contribution in [1.29, 1.82) is 0 Å². The van der Waals surface area contributed by atoms with Gasteiger partial charge in [0.1, 0.15) is 23.4 Å². The molecule has 152 valence electrons. The highest BCUT2D eigenvalue weighted by atomic mass is 79.9. The van der Waals surface area contributed by atoms with E-state index in [4.69, 9.17) is 11.6 Å². The molecular formula is C21H15BrClFN4O2. The smallest absolute Gasteiger partial charge is 0.278 e. The van der Waals surface area contributed by atoms with Gasteiger partial charge in [-0.25, -0.2) is 9.37 Å². The van der Waals surface area contributed by atoms with Gasteiger partial charge in [-0.1, -0.05) is 39.7 Å². The van der Waals surface area contributed by atoms with Crippen molar-refractivity contribution in [3.8, 4) is 11.1 Å². The Kier molecular flexibility index (Phi) is 5.44. The van der Waals surface area contributed by atoms with Crippen molar-refractivity contribution in [2.45, 2.75) is 6.54 Å². The van der Waals surface area contributed by atoms with Gasteiger partial charge in [0.15, 0.2) is 0 Å². The Morgan fingerprint density at radius 1 is 1.23 bits per heavy atom. The Morgan fingerprint density at radius 3 is 2.67 bits per heavy atom. The lowest BCUT2D eigenvalue weighted by molar-refractivity contribution is -0.116. The summed E-state index contributed by atoms with van der Waals surface area (Å²) in [6.45, 7) is -0.293. The predicted molar refractivity (Wildman–Crippen MR) is 118 cm³/mol. The molecule has 4 rings (SSSR count). The van der Waals surface area contributed by atoms with E-state index in [1.54, 1.807) is 29.8 Å². The van der Waals surface area contributed by atoms with Gasteiger partial charge < -0.3 is 9.88 Å². The van der Waals surface area contributed by atoms with Gasteiger partial charge >= 0.3 is 0 Å². The van der Waals surface area contributed by atoms with Crippen molar-refractivity contribution >= 4 is 50.2 Å². The summed E-state index contributed by atoms with van der Waals surface area (Å²) in [5.74, 6) is -1.11. The number of aryl methyl sites for hydroxylation is 1. The molecule has 0 aliphatic rings. The van der Waals surface area contributed by atoms with Crippen LogP contribution in [0.5, 0.6) is 0 Å². The Bertz CT molecular complexity index is 1330. The Hall–Kier alpha value is -2.97. The maximum atomic E-state index is 13.9. The van der Waals surface area contributed by atoms with Gasteiger partial charge in [0.05, 0.1) is 12.0 Å². The molecule has 0 radical (unpaired) electrons. The average molecular weight is 490 g/mol. The Balaban J connectivity index is 1.65. The van der Waals surface area contributed by atoms with Crippen LogP contribution in [0.25, 0.3) is 22.2 Å². The number of rotatable bonds is 4. The summed E-state index contributed by atoms with van der Waals surface area (Å²) in [4.78, 5) is 29.7. The molecule has 2 heterocycles. The lowest BCUT2D eigenvalue weighted by Crippen LogP contribution is -2.28. The normalized spacial score (nSPS) is 11.1. The first-order valence-corrected chi connectivity index (χ1v) is 10.1. The maximum absolute atomic E-state index is 13.9. The third-order valence-electron chi connectivity index (χ3n) is 4.62. The number of aromatic nitrogens is 3. The van der Waals surface area contributed by atoms with Crippen LogP contribution in [0.4, 0.5) is 10.1 Å². The minimum absolute atomic E-state index is 0.0363. The molecule has 2 aromatic carbocycles. The minimum atomic E-state index is -0.575. The first kappa shape index (κ1) is 20.3. The number of nitrogens with one attached hydrogen (secondary N) is 1. The summed E-state index contributed by atoms with van der Waals surface area (Å²) in [5, 5.41) is 3.08. The molecule has 1 amide bonds. The third kappa shape index (κ3) is 3.88. The molecule has 0 bridgehead atoms. The van der Waals surface area contributed by atoms with Crippen LogP contribution in [0, 0.1) is 5.82 Å². The molecule has 0 unspecified atom stereocenters. The summed E-state index contributed by atoms with van der Waals surface area (Å²) in [6, 6.07) is 11.5. The number of benzene rings is 2. The fourth-order valence-corrected chi connectivity index (χ4v) is 3.66. The molecule has 0 atom stereocenters. The molecule has 30 heavy (non-hydrogen) atoms. The van der Waals surface area contributed by atoms with Gasteiger partial charge in [0, 0.05) is 28.3 Å². The van der Waals surface area contributed by atoms with E-state index in [1.807, 2.05) is 18.3 Å². The molecule has 4 aromatic rings. The van der Waals surface area contributed by atoms with Crippen molar-refractivity contribution in [3.63, 3.8) is 0 Å². The van der Waals surface area contributed by atoms with Gasteiger partial charge in [-0.05, 0) is 35.9 Å². The number of halogens is 3. The number of nitrogens with zero attached hydrogens (tertiary/aromatic N) is 3. The average Bonchev–Trinajstić information content (AvgIpc) is 3.04. The van der Waals surface area contributed by atoms with E-state index >= 15 is 0 Å². The highest BCUT2D eigenvalue weighted by molar-refractivity contribution is 9.10. The number of anilines is 1.